The minimum atomic E-state index is -1.23. The summed E-state index contributed by atoms with van der Waals surface area (Å²) < 4.78 is 4.69. The predicted molar refractivity (Wildman–Crippen MR) is 68.8 cm³/mol. The molecule has 18 heavy (non-hydrogen) atoms. The fraction of sp³-hybridized carbons (Fsp3) is 0.200. The first-order chi connectivity index (χ1) is 8.51. The molecule has 0 aliphatic heterocycles. The average molecular weight is 293 g/mol. The van der Waals surface area contributed by atoms with Crippen molar-refractivity contribution in [2.75, 3.05) is 23.1 Å². The van der Waals surface area contributed by atoms with Gasteiger partial charge in [0.05, 0.1) is 5.88 Å². The van der Waals surface area contributed by atoms with E-state index in [0.717, 1.165) is 0 Å². The Labute approximate surface area is 113 Å². The molecule has 0 aliphatic carbocycles. The van der Waals surface area contributed by atoms with Gasteiger partial charge in [0, 0.05) is 16.4 Å². The lowest BCUT2D eigenvalue weighted by Crippen LogP contribution is -2.15. The van der Waals surface area contributed by atoms with Crippen molar-refractivity contribution in [1.29, 1.82) is 0 Å². The smallest absolute Gasteiger partial charge is 0.411 e. The molecule has 6 nitrogen and oxygen atoms in total. The zero-order valence-electron chi connectivity index (χ0n) is 9.07. The summed E-state index contributed by atoms with van der Waals surface area (Å²) in [4.78, 5) is 21.7. The second-order valence-corrected chi connectivity index (χ2v) is 3.92. The summed E-state index contributed by atoms with van der Waals surface area (Å²) in [5, 5.41) is 13.4. The first kappa shape index (κ1) is 14.4. The van der Waals surface area contributed by atoms with Crippen LogP contribution in [0, 0.1) is 0 Å². The van der Waals surface area contributed by atoms with E-state index in [2.05, 4.69) is 10.6 Å². The summed E-state index contributed by atoms with van der Waals surface area (Å²) in [7, 11) is 0. The van der Waals surface area contributed by atoms with Crippen molar-refractivity contribution in [2.45, 2.75) is 0 Å². The van der Waals surface area contributed by atoms with Crippen molar-refractivity contribution in [3.63, 3.8) is 0 Å². The molecule has 0 unspecified atom stereocenters. The quantitative estimate of drug-likeness (QED) is 0.744. The van der Waals surface area contributed by atoms with Crippen molar-refractivity contribution in [1.82, 2.24) is 0 Å². The molecule has 1 aromatic carbocycles. The van der Waals surface area contributed by atoms with Crippen molar-refractivity contribution in [3.8, 4) is 0 Å². The van der Waals surface area contributed by atoms with Crippen LogP contribution in [0.1, 0.15) is 0 Å². The number of ether oxygens (including phenoxy) is 1. The Morgan fingerprint density at radius 2 is 1.83 bits per heavy atom. The Bertz CT molecular complexity index is 454. The maximum atomic E-state index is 11.2. The molecule has 3 N–H and O–H groups in total. The van der Waals surface area contributed by atoms with Gasteiger partial charge in [0.1, 0.15) is 6.61 Å². The Balaban J connectivity index is 2.73. The lowest BCUT2D eigenvalue weighted by Gasteiger charge is -2.08. The average Bonchev–Trinajstić information content (AvgIpc) is 2.24. The minimum Gasteiger partial charge on any atom is -0.465 e. The van der Waals surface area contributed by atoms with E-state index >= 15 is 0 Å². The largest absolute Gasteiger partial charge is 0.465 e. The van der Waals surface area contributed by atoms with E-state index in [1.807, 2.05) is 0 Å². The maximum Gasteiger partial charge on any atom is 0.411 e. The molecule has 0 radical (unpaired) electrons. The molecule has 0 aromatic heterocycles. The molecule has 1 rings (SSSR count). The van der Waals surface area contributed by atoms with E-state index in [1.165, 1.54) is 18.2 Å². The van der Waals surface area contributed by atoms with E-state index in [4.69, 9.17) is 33.0 Å². The molecule has 0 spiro atoms. The van der Waals surface area contributed by atoms with Crippen LogP contribution < -0.4 is 10.6 Å². The Morgan fingerprint density at radius 1 is 1.22 bits per heavy atom. The van der Waals surface area contributed by atoms with E-state index in [-0.39, 0.29) is 23.2 Å². The number of hydrogen-bond donors (Lipinski definition) is 3. The fourth-order valence-corrected chi connectivity index (χ4v) is 1.45. The molecule has 0 fully saturated rings. The first-order valence-electron chi connectivity index (χ1n) is 4.81. The molecule has 98 valence electrons. The summed E-state index contributed by atoms with van der Waals surface area (Å²) in [5.74, 6) is 0.189. The monoisotopic (exact) mass is 292 g/mol. The summed E-state index contributed by atoms with van der Waals surface area (Å²) >= 11 is 11.1. The Hall–Kier alpha value is -1.66. The number of halogens is 2. The van der Waals surface area contributed by atoms with Crippen molar-refractivity contribution >= 4 is 46.8 Å². The molecule has 0 atom stereocenters. The lowest BCUT2D eigenvalue weighted by molar-refractivity contribution is 0.168. The number of alkyl halides is 1. The third-order valence-corrected chi connectivity index (χ3v) is 2.08. The lowest BCUT2D eigenvalue weighted by atomic mass is 10.3. The summed E-state index contributed by atoms with van der Waals surface area (Å²) in [6, 6.07) is 4.27. The third kappa shape index (κ3) is 5.11. The highest BCUT2D eigenvalue weighted by molar-refractivity contribution is 6.31. The number of hydrogen-bond acceptors (Lipinski definition) is 3. The summed E-state index contributed by atoms with van der Waals surface area (Å²) in [6.45, 7) is 0.0776. The van der Waals surface area contributed by atoms with Gasteiger partial charge in [-0.05, 0) is 18.2 Å². The second-order valence-electron chi connectivity index (χ2n) is 3.11. The molecule has 0 heterocycles. The number of amides is 2. The van der Waals surface area contributed by atoms with Crippen LogP contribution in [-0.2, 0) is 4.74 Å². The van der Waals surface area contributed by atoms with E-state index < -0.39 is 12.2 Å². The minimum absolute atomic E-state index is 0.0776. The summed E-state index contributed by atoms with van der Waals surface area (Å²) in [6.07, 6.45) is -1.92. The number of anilines is 2. The van der Waals surface area contributed by atoms with Crippen molar-refractivity contribution < 1.29 is 19.4 Å². The van der Waals surface area contributed by atoms with Gasteiger partial charge in [-0.2, -0.15) is 0 Å². The first-order valence-corrected chi connectivity index (χ1v) is 5.73. The maximum absolute atomic E-state index is 11.2. The fourth-order valence-electron chi connectivity index (χ4n) is 1.14. The molecule has 0 saturated carbocycles. The molecule has 2 amide bonds. The van der Waals surface area contributed by atoms with Gasteiger partial charge < -0.3 is 9.84 Å². The van der Waals surface area contributed by atoms with Gasteiger partial charge in [-0.25, -0.2) is 9.59 Å². The van der Waals surface area contributed by atoms with Crippen LogP contribution >= 0.6 is 23.2 Å². The van der Waals surface area contributed by atoms with Gasteiger partial charge in [-0.3, -0.25) is 10.6 Å². The third-order valence-electron chi connectivity index (χ3n) is 1.71. The Morgan fingerprint density at radius 3 is 2.39 bits per heavy atom. The SMILES string of the molecule is O=C(O)Nc1cc(Cl)cc(NC(=O)OCCCl)c1. The van der Waals surface area contributed by atoms with Crippen LogP contribution in [0.3, 0.4) is 0 Å². The highest BCUT2D eigenvalue weighted by Gasteiger charge is 2.06. The van der Waals surface area contributed by atoms with Crippen LogP contribution in [-0.4, -0.2) is 29.8 Å². The standard InChI is InChI=1S/C10H10Cl2N2O4/c11-1-2-18-10(17)14-8-4-6(12)3-7(5-8)13-9(15)16/h3-5,13H,1-2H2,(H,14,17)(H,15,16). The zero-order valence-corrected chi connectivity index (χ0v) is 10.6. The van der Waals surface area contributed by atoms with Crippen LogP contribution in [0.15, 0.2) is 18.2 Å². The van der Waals surface area contributed by atoms with Gasteiger partial charge in [0.15, 0.2) is 0 Å². The number of benzene rings is 1. The van der Waals surface area contributed by atoms with E-state index in [9.17, 15) is 9.59 Å². The highest BCUT2D eigenvalue weighted by atomic mass is 35.5. The number of carbonyl (C=O) groups excluding carboxylic acids is 1. The number of carbonyl (C=O) groups is 2. The normalized spacial score (nSPS) is 9.67. The molecule has 1 aromatic rings. The van der Waals surface area contributed by atoms with Crippen molar-refractivity contribution in [2.24, 2.45) is 0 Å². The van der Waals surface area contributed by atoms with Crippen LogP contribution in [0.25, 0.3) is 0 Å². The van der Waals surface area contributed by atoms with E-state index in [0.29, 0.717) is 5.69 Å². The number of nitrogens with one attached hydrogen (secondary N) is 2. The molecule has 0 bridgehead atoms. The Kier molecular flexibility index (Phi) is 5.54. The summed E-state index contributed by atoms with van der Waals surface area (Å²) in [5.41, 5.74) is 0.550. The highest BCUT2D eigenvalue weighted by Crippen LogP contribution is 2.22. The molecule has 0 saturated heterocycles. The van der Waals surface area contributed by atoms with Gasteiger partial charge in [0.25, 0.3) is 0 Å². The van der Waals surface area contributed by atoms with Crippen LogP contribution in [0.2, 0.25) is 5.02 Å². The van der Waals surface area contributed by atoms with Gasteiger partial charge in [0.2, 0.25) is 0 Å². The number of rotatable bonds is 4. The van der Waals surface area contributed by atoms with Gasteiger partial charge in [-0.15, -0.1) is 11.6 Å². The second kappa shape index (κ2) is 6.93. The topological polar surface area (TPSA) is 87.7 Å². The number of carboxylic acid groups (broad SMARTS) is 1. The van der Waals surface area contributed by atoms with E-state index in [1.54, 1.807) is 0 Å². The molecular formula is C10H10Cl2N2O4. The zero-order chi connectivity index (χ0) is 13.5. The molecule has 0 aliphatic rings. The van der Waals surface area contributed by atoms with Gasteiger partial charge >= 0.3 is 12.2 Å². The van der Waals surface area contributed by atoms with Gasteiger partial charge in [-0.1, -0.05) is 11.6 Å². The predicted octanol–water partition coefficient (Wildman–Crippen LogP) is 3.22. The van der Waals surface area contributed by atoms with Crippen LogP contribution in [0.5, 0.6) is 0 Å². The molecular weight excluding hydrogens is 283 g/mol. The molecule has 8 heteroatoms. The van der Waals surface area contributed by atoms with Crippen molar-refractivity contribution in [3.05, 3.63) is 23.2 Å². The van der Waals surface area contributed by atoms with Crippen LogP contribution in [0.4, 0.5) is 21.0 Å².